The van der Waals surface area contributed by atoms with Crippen molar-refractivity contribution < 1.29 is 14.3 Å². The van der Waals surface area contributed by atoms with Crippen molar-refractivity contribution in [2.45, 2.75) is 6.10 Å². The summed E-state index contributed by atoms with van der Waals surface area (Å²) in [5.74, 6) is -1.06. The number of H-pyrrole nitrogens is 1. The van der Waals surface area contributed by atoms with E-state index in [0.717, 1.165) is 0 Å². The minimum absolute atomic E-state index is 0.0426. The summed E-state index contributed by atoms with van der Waals surface area (Å²) in [6, 6.07) is 8.37. The Bertz CT molecular complexity index is 669. The molecule has 1 heterocycles. The zero-order chi connectivity index (χ0) is 14.5. The van der Waals surface area contributed by atoms with Crippen molar-refractivity contribution >= 4 is 5.91 Å². The summed E-state index contributed by atoms with van der Waals surface area (Å²) in [5.41, 5.74) is -0.198. The monoisotopic (exact) mass is 276 g/mol. The Kier molecular flexibility index (Phi) is 4.27. The molecule has 0 fully saturated rings. The molecule has 0 unspecified atom stereocenters. The maximum absolute atomic E-state index is 13.0. The van der Waals surface area contributed by atoms with Gasteiger partial charge in [-0.1, -0.05) is 12.1 Å². The number of hydrogen-bond donors (Lipinski definition) is 3. The average Bonchev–Trinajstić information content (AvgIpc) is 2.45. The summed E-state index contributed by atoms with van der Waals surface area (Å²) in [6.07, 6.45) is 0.373. The summed E-state index contributed by atoms with van der Waals surface area (Å²) in [5, 5.41) is 12.3. The SMILES string of the molecule is O=C(NC[C@H](O)c1cccc(F)c1)c1ccc[nH]c1=O. The topological polar surface area (TPSA) is 82.2 Å². The molecule has 0 aliphatic heterocycles. The summed E-state index contributed by atoms with van der Waals surface area (Å²) >= 11 is 0. The largest absolute Gasteiger partial charge is 0.387 e. The number of aliphatic hydroxyl groups is 1. The number of aliphatic hydroxyl groups excluding tert-OH is 1. The van der Waals surface area contributed by atoms with E-state index in [1.807, 2.05) is 0 Å². The first-order valence-electron chi connectivity index (χ1n) is 5.97. The standard InChI is InChI=1S/C14H13FN2O3/c15-10-4-1-3-9(7-10)12(18)8-17-14(20)11-5-2-6-16-13(11)19/h1-7,12,18H,8H2,(H,16,19)(H,17,20)/t12-/m0/s1. The lowest BCUT2D eigenvalue weighted by molar-refractivity contribution is 0.0914. The summed E-state index contributed by atoms with van der Waals surface area (Å²) in [4.78, 5) is 25.5. The first-order chi connectivity index (χ1) is 9.58. The fraction of sp³-hybridized carbons (Fsp3) is 0.143. The number of hydrogen-bond acceptors (Lipinski definition) is 3. The number of carbonyl (C=O) groups excluding carboxylic acids is 1. The Balaban J connectivity index is 2.00. The first-order valence-corrected chi connectivity index (χ1v) is 5.97. The van der Waals surface area contributed by atoms with E-state index in [4.69, 9.17) is 0 Å². The third-order valence-electron chi connectivity index (χ3n) is 2.75. The number of nitrogens with one attached hydrogen (secondary N) is 2. The van der Waals surface area contributed by atoms with Crippen LogP contribution in [-0.2, 0) is 0 Å². The number of carbonyl (C=O) groups is 1. The minimum Gasteiger partial charge on any atom is -0.387 e. The van der Waals surface area contributed by atoms with Gasteiger partial charge < -0.3 is 15.4 Å². The molecule has 0 saturated carbocycles. The molecule has 6 heteroatoms. The molecule has 0 bridgehead atoms. The quantitative estimate of drug-likeness (QED) is 0.778. The number of rotatable bonds is 4. The summed E-state index contributed by atoms with van der Waals surface area (Å²) in [7, 11) is 0. The van der Waals surface area contributed by atoms with Gasteiger partial charge in [-0.2, -0.15) is 0 Å². The van der Waals surface area contributed by atoms with Gasteiger partial charge in [-0.05, 0) is 29.8 Å². The molecule has 2 rings (SSSR count). The highest BCUT2D eigenvalue weighted by Crippen LogP contribution is 2.13. The van der Waals surface area contributed by atoms with E-state index in [0.29, 0.717) is 5.56 Å². The van der Waals surface area contributed by atoms with Gasteiger partial charge in [0.2, 0.25) is 0 Å². The van der Waals surface area contributed by atoms with Crippen molar-refractivity contribution in [3.8, 4) is 0 Å². The number of halogens is 1. The minimum atomic E-state index is -1.04. The predicted octanol–water partition coefficient (Wildman–Crippen LogP) is 0.977. The van der Waals surface area contributed by atoms with Gasteiger partial charge in [0, 0.05) is 12.7 Å². The van der Waals surface area contributed by atoms with Crippen LogP contribution in [0, 0.1) is 5.82 Å². The molecule has 0 aliphatic carbocycles. The Morgan fingerprint density at radius 1 is 1.35 bits per heavy atom. The molecule has 1 aromatic carbocycles. The molecule has 0 spiro atoms. The second-order valence-electron chi connectivity index (χ2n) is 4.19. The molecule has 1 atom stereocenters. The molecule has 104 valence electrons. The summed E-state index contributed by atoms with van der Waals surface area (Å²) < 4.78 is 13.0. The maximum Gasteiger partial charge on any atom is 0.260 e. The average molecular weight is 276 g/mol. The van der Waals surface area contributed by atoms with E-state index < -0.39 is 23.4 Å². The van der Waals surface area contributed by atoms with E-state index >= 15 is 0 Å². The summed E-state index contributed by atoms with van der Waals surface area (Å²) in [6.45, 7) is -0.114. The van der Waals surface area contributed by atoms with Gasteiger partial charge in [0.1, 0.15) is 11.4 Å². The van der Waals surface area contributed by atoms with E-state index in [-0.39, 0.29) is 12.1 Å². The van der Waals surface area contributed by atoms with Gasteiger partial charge >= 0.3 is 0 Å². The van der Waals surface area contributed by atoms with Crippen molar-refractivity contribution in [2.75, 3.05) is 6.54 Å². The molecule has 5 nitrogen and oxygen atoms in total. The van der Waals surface area contributed by atoms with E-state index in [1.165, 1.54) is 36.5 Å². The molecule has 2 aromatic rings. The molecule has 0 radical (unpaired) electrons. The lowest BCUT2D eigenvalue weighted by Gasteiger charge is -2.12. The van der Waals surface area contributed by atoms with Crippen LogP contribution >= 0.6 is 0 Å². The van der Waals surface area contributed by atoms with Crippen LogP contribution < -0.4 is 10.9 Å². The number of aromatic nitrogens is 1. The van der Waals surface area contributed by atoms with E-state index in [1.54, 1.807) is 6.07 Å². The third kappa shape index (κ3) is 3.30. The van der Waals surface area contributed by atoms with Crippen LogP contribution in [0.15, 0.2) is 47.4 Å². The van der Waals surface area contributed by atoms with Crippen molar-refractivity contribution in [1.82, 2.24) is 10.3 Å². The second kappa shape index (κ2) is 6.12. The Labute approximate surface area is 114 Å². The van der Waals surface area contributed by atoms with Crippen LogP contribution in [0.4, 0.5) is 4.39 Å². The van der Waals surface area contributed by atoms with E-state index in [9.17, 15) is 19.1 Å². The van der Waals surface area contributed by atoms with E-state index in [2.05, 4.69) is 10.3 Å². The molecule has 20 heavy (non-hydrogen) atoms. The third-order valence-corrected chi connectivity index (χ3v) is 2.75. The normalized spacial score (nSPS) is 11.9. The highest BCUT2D eigenvalue weighted by atomic mass is 19.1. The van der Waals surface area contributed by atoms with Gasteiger partial charge in [-0.15, -0.1) is 0 Å². The van der Waals surface area contributed by atoms with Crippen LogP contribution in [0.25, 0.3) is 0 Å². The van der Waals surface area contributed by atoms with Crippen LogP contribution in [0.5, 0.6) is 0 Å². The first kappa shape index (κ1) is 14.0. The molecule has 1 aromatic heterocycles. The van der Waals surface area contributed by atoms with Crippen molar-refractivity contribution in [1.29, 1.82) is 0 Å². The zero-order valence-electron chi connectivity index (χ0n) is 10.5. The Morgan fingerprint density at radius 3 is 2.85 bits per heavy atom. The highest BCUT2D eigenvalue weighted by Gasteiger charge is 2.13. The molecular formula is C14H13FN2O3. The van der Waals surface area contributed by atoms with Crippen molar-refractivity contribution in [3.63, 3.8) is 0 Å². The fourth-order valence-electron chi connectivity index (χ4n) is 1.72. The number of aromatic amines is 1. The molecule has 0 saturated heterocycles. The van der Waals surface area contributed by atoms with Gasteiger partial charge in [-0.3, -0.25) is 9.59 Å². The lowest BCUT2D eigenvalue weighted by Crippen LogP contribution is -2.32. The Morgan fingerprint density at radius 2 is 2.15 bits per heavy atom. The van der Waals surface area contributed by atoms with Gasteiger partial charge in [0.25, 0.3) is 11.5 Å². The fourth-order valence-corrected chi connectivity index (χ4v) is 1.72. The maximum atomic E-state index is 13.0. The van der Waals surface area contributed by atoms with Gasteiger partial charge in [0.05, 0.1) is 6.10 Å². The number of benzene rings is 1. The van der Waals surface area contributed by atoms with Crippen LogP contribution in [0.1, 0.15) is 22.0 Å². The van der Waals surface area contributed by atoms with Gasteiger partial charge in [0.15, 0.2) is 0 Å². The van der Waals surface area contributed by atoms with Crippen LogP contribution in [0.3, 0.4) is 0 Å². The molecule has 1 amide bonds. The van der Waals surface area contributed by atoms with Crippen LogP contribution in [0.2, 0.25) is 0 Å². The highest BCUT2D eigenvalue weighted by molar-refractivity contribution is 5.93. The van der Waals surface area contributed by atoms with Crippen LogP contribution in [-0.4, -0.2) is 22.5 Å². The molecule has 0 aliphatic rings. The smallest absolute Gasteiger partial charge is 0.260 e. The number of amides is 1. The lowest BCUT2D eigenvalue weighted by atomic mass is 10.1. The number of pyridine rings is 1. The van der Waals surface area contributed by atoms with Crippen molar-refractivity contribution in [2.24, 2.45) is 0 Å². The molecule has 3 N–H and O–H groups in total. The predicted molar refractivity (Wildman–Crippen MR) is 70.8 cm³/mol. The zero-order valence-corrected chi connectivity index (χ0v) is 10.5. The molecular weight excluding hydrogens is 263 g/mol. The van der Waals surface area contributed by atoms with Gasteiger partial charge in [-0.25, -0.2) is 4.39 Å². The Hall–Kier alpha value is -2.47. The second-order valence-corrected chi connectivity index (χ2v) is 4.19. The van der Waals surface area contributed by atoms with Crippen molar-refractivity contribution in [3.05, 3.63) is 69.9 Å².